The lowest BCUT2D eigenvalue weighted by molar-refractivity contribution is 0.0944. The Bertz CT molecular complexity index is 613. The van der Waals surface area contributed by atoms with Crippen LogP contribution in [0.5, 0.6) is 0 Å². The molecule has 0 bridgehead atoms. The molecule has 0 saturated heterocycles. The van der Waals surface area contributed by atoms with Gasteiger partial charge in [0.2, 0.25) is 0 Å². The maximum absolute atomic E-state index is 12.0. The molecular formula is C12H14ClN5O. The van der Waals surface area contributed by atoms with E-state index in [9.17, 15) is 4.79 Å². The zero-order valence-corrected chi connectivity index (χ0v) is 11.3. The number of hydrogen-bond donors (Lipinski definition) is 1. The summed E-state index contributed by atoms with van der Waals surface area (Å²) in [5.74, 6) is -0.269. The van der Waals surface area contributed by atoms with Crippen LogP contribution in [0.1, 0.15) is 35.1 Å². The summed E-state index contributed by atoms with van der Waals surface area (Å²) in [5.41, 5.74) is 1.25. The van der Waals surface area contributed by atoms with Crippen LogP contribution in [0.15, 0.2) is 18.7 Å². The predicted octanol–water partition coefficient (Wildman–Crippen LogP) is 1.53. The molecule has 0 aromatic carbocycles. The summed E-state index contributed by atoms with van der Waals surface area (Å²) >= 11 is 5.93. The maximum atomic E-state index is 12.0. The van der Waals surface area contributed by atoms with Crippen molar-refractivity contribution in [3.63, 3.8) is 0 Å². The van der Waals surface area contributed by atoms with Crippen LogP contribution in [0, 0.1) is 0 Å². The predicted molar refractivity (Wildman–Crippen MR) is 69.9 cm³/mol. The Kier molecular flexibility index (Phi) is 3.02. The van der Waals surface area contributed by atoms with Crippen molar-refractivity contribution in [3.05, 3.63) is 35.1 Å². The van der Waals surface area contributed by atoms with E-state index < -0.39 is 0 Å². The van der Waals surface area contributed by atoms with Gasteiger partial charge in [-0.1, -0.05) is 11.6 Å². The van der Waals surface area contributed by atoms with Gasteiger partial charge in [0.1, 0.15) is 0 Å². The molecule has 1 aliphatic rings. The number of amides is 1. The Morgan fingerprint density at radius 3 is 3.00 bits per heavy atom. The highest BCUT2D eigenvalue weighted by Gasteiger charge is 2.25. The lowest BCUT2D eigenvalue weighted by Crippen LogP contribution is -2.25. The van der Waals surface area contributed by atoms with Crippen molar-refractivity contribution in [2.24, 2.45) is 7.05 Å². The van der Waals surface area contributed by atoms with Gasteiger partial charge in [0, 0.05) is 25.5 Å². The van der Waals surface area contributed by atoms with E-state index in [0.717, 1.165) is 5.69 Å². The van der Waals surface area contributed by atoms with E-state index in [4.69, 9.17) is 11.6 Å². The number of rotatable bonds is 4. The molecule has 7 heteroatoms. The summed E-state index contributed by atoms with van der Waals surface area (Å²) in [6.07, 6.45) is 7.56. The van der Waals surface area contributed by atoms with E-state index in [2.05, 4.69) is 20.0 Å². The molecule has 2 aromatic rings. The highest BCUT2D eigenvalue weighted by molar-refractivity contribution is 6.33. The van der Waals surface area contributed by atoms with Gasteiger partial charge in [0.05, 0.1) is 23.6 Å². The molecule has 0 spiro atoms. The zero-order chi connectivity index (χ0) is 13.4. The summed E-state index contributed by atoms with van der Waals surface area (Å²) in [6, 6.07) is 0.549. The van der Waals surface area contributed by atoms with Crippen molar-refractivity contribution >= 4 is 17.5 Å². The van der Waals surface area contributed by atoms with Gasteiger partial charge in [-0.2, -0.15) is 5.10 Å². The Morgan fingerprint density at radius 1 is 1.58 bits per heavy atom. The Balaban J connectivity index is 1.67. The second-order valence-electron chi connectivity index (χ2n) is 4.71. The van der Waals surface area contributed by atoms with E-state index in [1.807, 2.05) is 6.33 Å². The SMILES string of the molecule is Cn1cc(Cl)c(C(=O)NCc2cncn2C2CC2)n1. The minimum Gasteiger partial charge on any atom is -0.345 e. The van der Waals surface area contributed by atoms with Crippen LogP contribution in [-0.4, -0.2) is 25.2 Å². The molecular weight excluding hydrogens is 266 g/mol. The lowest BCUT2D eigenvalue weighted by Gasteiger charge is -2.07. The van der Waals surface area contributed by atoms with Crippen molar-refractivity contribution in [3.8, 4) is 0 Å². The largest absolute Gasteiger partial charge is 0.345 e. The van der Waals surface area contributed by atoms with Gasteiger partial charge in [-0.25, -0.2) is 4.98 Å². The van der Waals surface area contributed by atoms with E-state index in [-0.39, 0.29) is 11.6 Å². The fourth-order valence-corrected chi connectivity index (χ4v) is 2.28. The van der Waals surface area contributed by atoms with Gasteiger partial charge < -0.3 is 9.88 Å². The minimum atomic E-state index is -0.269. The van der Waals surface area contributed by atoms with Gasteiger partial charge in [0.25, 0.3) is 5.91 Å². The van der Waals surface area contributed by atoms with Crippen LogP contribution >= 0.6 is 11.6 Å². The topological polar surface area (TPSA) is 64.7 Å². The quantitative estimate of drug-likeness (QED) is 0.923. The molecule has 0 aliphatic heterocycles. The molecule has 3 rings (SSSR count). The molecule has 1 N–H and O–H groups in total. The molecule has 19 heavy (non-hydrogen) atoms. The van der Waals surface area contributed by atoms with Crippen molar-refractivity contribution in [1.82, 2.24) is 24.6 Å². The molecule has 1 saturated carbocycles. The average molecular weight is 280 g/mol. The van der Waals surface area contributed by atoms with E-state index >= 15 is 0 Å². The van der Waals surface area contributed by atoms with Crippen molar-refractivity contribution < 1.29 is 4.79 Å². The Labute approximate surface area is 115 Å². The molecule has 0 unspecified atom stereocenters. The molecule has 100 valence electrons. The third-order valence-corrected chi connectivity index (χ3v) is 3.39. The van der Waals surface area contributed by atoms with Crippen molar-refractivity contribution in [2.45, 2.75) is 25.4 Å². The van der Waals surface area contributed by atoms with E-state index in [0.29, 0.717) is 17.6 Å². The smallest absolute Gasteiger partial charge is 0.273 e. The number of imidazole rings is 1. The average Bonchev–Trinajstić information content (AvgIpc) is 3.01. The molecule has 2 aromatic heterocycles. The molecule has 0 radical (unpaired) electrons. The number of nitrogens with zero attached hydrogens (tertiary/aromatic N) is 4. The normalized spacial score (nSPS) is 14.6. The van der Waals surface area contributed by atoms with Crippen LogP contribution in [0.2, 0.25) is 5.02 Å². The number of aryl methyl sites for hydroxylation is 1. The highest BCUT2D eigenvalue weighted by atomic mass is 35.5. The monoisotopic (exact) mass is 279 g/mol. The number of carbonyl (C=O) groups excluding carboxylic acids is 1. The van der Waals surface area contributed by atoms with Crippen LogP contribution in [0.4, 0.5) is 0 Å². The van der Waals surface area contributed by atoms with E-state index in [1.165, 1.54) is 17.5 Å². The van der Waals surface area contributed by atoms with Crippen LogP contribution in [0.3, 0.4) is 0 Å². The Hall–Kier alpha value is -1.82. The number of aromatic nitrogens is 4. The Morgan fingerprint density at radius 2 is 2.37 bits per heavy atom. The molecule has 1 aliphatic carbocycles. The molecule has 1 fully saturated rings. The first-order valence-electron chi connectivity index (χ1n) is 6.13. The summed E-state index contributed by atoms with van der Waals surface area (Å²) in [7, 11) is 1.73. The van der Waals surface area contributed by atoms with Gasteiger partial charge in [-0.3, -0.25) is 9.48 Å². The van der Waals surface area contributed by atoms with Gasteiger partial charge in [0.15, 0.2) is 5.69 Å². The third kappa shape index (κ3) is 2.49. The molecule has 1 amide bonds. The zero-order valence-electron chi connectivity index (χ0n) is 10.5. The molecule has 0 atom stereocenters. The van der Waals surface area contributed by atoms with Gasteiger partial charge in [-0.05, 0) is 12.8 Å². The first kappa shape index (κ1) is 12.2. The summed E-state index contributed by atoms with van der Waals surface area (Å²) < 4.78 is 3.63. The molecule has 6 nitrogen and oxygen atoms in total. The van der Waals surface area contributed by atoms with Crippen molar-refractivity contribution in [1.29, 1.82) is 0 Å². The highest BCUT2D eigenvalue weighted by Crippen LogP contribution is 2.35. The summed E-state index contributed by atoms with van der Waals surface area (Å²) in [4.78, 5) is 16.1. The fraction of sp³-hybridized carbons (Fsp3) is 0.417. The standard InChI is InChI=1S/C12H14ClN5O/c1-17-6-10(13)11(16-17)12(19)15-5-9-4-14-7-18(9)8-2-3-8/h4,6-8H,2-3,5H2,1H3,(H,15,19). The second-order valence-corrected chi connectivity index (χ2v) is 5.11. The minimum absolute atomic E-state index is 0.252. The van der Waals surface area contributed by atoms with Crippen LogP contribution < -0.4 is 5.32 Å². The first-order valence-corrected chi connectivity index (χ1v) is 6.51. The fourth-order valence-electron chi connectivity index (χ4n) is 2.02. The second kappa shape index (κ2) is 4.70. The van der Waals surface area contributed by atoms with Gasteiger partial charge in [-0.15, -0.1) is 0 Å². The number of nitrogens with one attached hydrogen (secondary N) is 1. The van der Waals surface area contributed by atoms with Gasteiger partial charge >= 0.3 is 0 Å². The molecule has 2 heterocycles. The number of carbonyl (C=O) groups is 1. The maximum Gasteiger partial charge on any atom is 0.273 e. The summed E-state index contributed by atoms with van der Waals surface area (Å²) in [6.45, 7) is 0.433. The number of hydrogen-bond acceptors (Lipinski definition) is 3. The van der Waals surface area contributed by atoms with Crippen LogP contribution in [0.25, 0.3) is 0 Å². The first-order chi connectivity index (χ1) is 9.15. The summed E-state index contributed by atoms with van der Waals surface area (Å²) in [5, 5.41) is 7.21. The van der Waals surface area contributed by atoms with E-state index in [1.54, 1.807) is 19.4 Å². The third-order valence-electron chi connectivity index (χ3n) is 3.12. The lowest BCUT2D eigenvalue weighted by atomic mass is 10.3. The number of halogens is 1. The van der Waals surface area contributed by atoms with Crippen molar-refractivity contribution in [2.75, 3.05) is 0 Å². The van der Waals surface area contributed by atoms with Crippen LogP contribution in [-0.2, 0) is 13.6 Å².